The minimum absolute atomic E-state index is 0.114. The van der Waals surface area contributed by atoms with E-state index in [-0.39, 0.29) is 19.8 Å². The number of hydrogen-bond acceptors (Lipinski definition) is 6. The number of carbonyl (C=O) groups excluding carboxylic acids is 2. The summed E-state index contributed by atoms with van der Waals surface area (Å²) in [5, 5.41) is 0. The molecule has 0 aliphatic rings. The lowest BCUT2D eigenvalue weighted by molar-refractivity contribution is -0.143. The molecule has 6 nitrogen and oxygen atoms in total. The Morgan fingerprint density at radius 1 is 0.690 bits per heavy atom. The van der Waals surface area contributed by atoms with E-state index >= 15 is 0 Å². The van der Waals surface area contributed by atoms with Crippen LogP contribution in [0.1, 0.15) is 21.5 Å². The van der Waals surface area contributed by atoms with Gasteiger partial charge in [0.15, 0.2) is 0 Å². The molecule has 0 aliphatic carbocycles. The first kappa shape index (κ1) is 20.1. The molecule has 6 heteroatoms. The monoisotopic (exact) mass is 391 g/mol. The number of esters is 2. The lowest BCUT2D eigenvalue weighted by Crippen LogP contribution is -2.16. The van der Waals surface area contributed by atoms with Crippen molar-refractivity contribution < 1.29 is 23.8 Å². The van der Waals surface area contributed by atoms with E-state index in [0.29, 0.717) is 11.3 Å². The topological polar surface area (TPSA) is 87.9 Å². The van der Waals surface area contributed by atoms with E-state index in [1.807, 2.05) is 54.6 Å². The second kappa shape index (κ2) is 10.1. The fraction of sp³-hybridized carbons (Fsp3) is 0.130. The summed E-state index contributed by atoms with van der Waals surface area (Å²) < 4.78 is 16.0. The van der Waals surface area contributed by atoms with Gasteiger partial charge in [-0.3, -0.25) is 4.79 Å². The summed E-state index contributed by atoms with van der Waals surface area (Å²) in [5.41, 5.74) is 7.21. The molecule has 148 valence electrons. The third kappa shape index (κ3) is 6.19. The van der Waals surface area contributed by atoms with E-state index in [9.17, 15) is 9.59 Å². The van der Waals surface area contributed by atoms with Crippen LogP contribution in [0.4, 0.5) is 0 Å². The average molecular weight is 391 g/mol. The maximum absolute atomic E-state index is 12.2. The Labute approximate surface area is 168 Å². The first-order valence-electron chi connectivity index (χ1n) is 9.07. The molecule has 0 bridgehead atoms. The molecule has 29 heavy (non-hydrogen) atoms. The molecule has 0 fully saturated rings. The van der Waals surface area contributed by atoms with Crippen LogP contribution >= 0.6 is 0 Å². The molecule has 0 radical (unpaired) electrons. The fourth-order valence-corrected chi connectivity index (χ4v) is 2.47. The molecule has 0 aromatic heterocycles. The molecule has 0 spiro atoms. The zero-order chi connectivity index (χ0) is 20.5. The highest BCUT2D eigenvalue weighted by Gasteiger charge is 2.08. The van der Waals surface area contributed by atoms with E-state index in [2.05, 4.69) is 0 Å². The molecule has 3 rings (SSSR count). The molecule has 0 saturated carbocycles. The Balaban J connectivity index is 1.49. The standard InChI is InChI=1S/C23H21NO5/c24-14-22(25)27-15-17-6-10-19(11-7-17)23(26)28-16-18-8-12-21(13-9-18)29-20-4-2-1-3-5-20/h1-13H,14-16,24H2. The summed E-state index contributed by atoms with van der Waals surface area (Å²) in [6.07, 6.45) is 0. The Hall–Kier alpha value is -3.64. The van der Waals surface area contributed by atoms with E-state index in [0.717, 1.165) is 16.9 Å². The van der Waals surface area contributed by atoms with Gasteiger partial charge in [0.05, 0.1) is 12.1 Å². The Morgan fingerprint density at radius 3 is 1.86 bits per heavy atom. The van der Waals surface area contributed by atoms with Crippen LogP contribution in [0.5, 0.6) is 11.5 Å². The van der Waals surface area contributed by atoms with Crippen molar-refractivity contribution in [3.63, 3.8) is 0 Å². The maximum atomic E-state index is 12.2. The van der Waals surface area contributed by atoms with Crippen LogP contribution < -0.4 is 10.5 Å². The van der Waals surface area contributed by atoms with Crippen LogP contribution in [0, 0.1) is 0 Å². The fourth-order valence-electron chi connectivity index (χ4n) is 2.47. The van der Waals surface area contributed by atoms with Crippen molar-refractivity contribution in [3.8, 4) is 11.5 Å². The molecule has 0 saturated heterocycles. The Kier molecular flexibility index (Phi) is 6.97. The van der Waals surface area contributed by atoms with Gasteiger partial charge in [-0.2, -0.15) is 0 Å². The van der Waals surface area contributed by atoms with Gasteiger partial charge in [0.1, 0.15) is 24.7 Å². The minimum atomic E-state index is -0.478. The number of nitrogens with two attached hydrogens (primary N) is 1. The van der Waals surface area contributed by atoms with Gasteiger partial charge >= 0.3 is 11.9 Å². The van der Waals surface area contributed by atoms with Gasteiger partial charge in [-0.1, -0.05) is 42.5 Å². The average Bonchev–Trinajstić information content (AvgIpc) is 2.78. The maximum Gasteiger partial charge on any atom is 0.338 e. The molecule has 0 heterocycles. The van der Waals surface area contributed by atoms with Crippen molar-refractivity contribution in [2.45, 2.75) is 13.2 Å². The Morgan fingerprint density at radius 2 is 1.24 bits per heavy atom. The summed E-state index contributed by atoms with van der Waals surface area (Å²) in [4.78, 5) is 23.3. The van der Waals surface area contributed by atoms with Gasteiger partial charge in [0.2, 0.25) is 0 Å². The molecular formula is C23H21NO5. The SMILES string of the molecule is NCC(=O)OCc1ccc(C(=O)OCc2ccc(Oc3ccccc3)cc2)cc1. The van der Waals surface area contributed by atoms with Gasteiger partial charge in [-0.25, -0.2) is 4.79 Å². The molecule has 0 aliphatic heterocycles. The number of carbonyl (C=O) groups is 2. The molecule has 2 N–H and O–H groups in total. The van der Waals surface area contributed by atoms with Crippen LogP contribution in [0.15, 0.2) is 78.9 Å². The van der Waals surface area contributed by atoms with Gasteiger partial charge < -0.3 is 19.9 Å². The smallest absolute Gasteiger partial charge is 0.338 e. The van der Waals surface area contributed by atoms with Crippen LogP contribution in [-0.2, 0) is 27.5 Å². The van der Waals surface area contributed by atoms with Crippen molar-refractivity contribution in [2.24, 2.45) is 5.73 Å². The van der Waals surface area contributed by atoms with Crippen LogP contribution in [0.25, 0.3) is 0 Å². The first-order chi connectivity index (χ1) is 14.1. The van der Waals surface area contributed by atoms with E-state index < -0.39 is 11.9 Å². The second-order valence-corrected chi connectivity index (χ2v) is 6.20. The molecule has 0 atom stereocenters. The molecule has 0 amide bonds. The van der Waals surface area contributed by atoms with Crippen molar-refractivity contribution in [2.75, 3.05) is 6.54 Å². The summed E-state index contributed by atoms with van der Waals surface area (Å²) in [6, 6.07) is 23.5. The number of hydrogen-bond donors (Lipinski definition) is 1. The quantitative estimate of drug-likeness (QED) is 0.587. The Bertz CT molecular complexity index is 937. The summed E-state index contributed by atoms with van der Waals surface area (Å²) in [7, 11) is 0. The summed E-state index contributed by atoms with van der Waals surface area (Å²) >= 11 is 0. The number of para-hydroxylation sites is 1. The lowest BCUT2D eigenvalue weighted by atomic mass is 10.1. The van der Waals surface area contributed by atoms with E-state index in [1.54, 1.807) is 24.3 Å². The highest BCUT2D eigenvalue weighted by Crippen LogP contribution is 2.21. The predicted molar refractivity (Wildman–Crippen MR) is 107 cm³/mol. The number of rotatable bonds is 8. The third-order valence-corrected chi connectivity index (χ3v) is 4.03. The summed E-state index contributed by atoms with van der Waals surface area (Å²) in [6.45, 7) is 0.104. The van der Waals surface area contributed by atoms with E-state index in [4.69, 9.17) is 19.9 Å². The molecule has 3 aromatic rings. The molecule has 0 unspecified atom stereocenters. The highest BCUT2D eigenvalue weighted by molar-refractivity contribution is 5.89. The third-order valence-electron chi connectivity index (χ3n) is 4.03. The first-order valence-corrected chi connectivity index (χ1v) is 9.07. The van der Waals surface area contributed by atoms with Gasteiger partial charge in [-0.05, 0) is 47.5 Å². The second-order valence-electron chi connectivity index (χ2n) is 6.20. The molecule has 3 aromatic carbocycles. The minimum Gasteiger partial charge on any atom is -0.460 e. The van der Waals surface area contributed by atoms with E-state index in [1.165, 1.54) is 0 Å². The largest absolute Gasteiger partial charge is 0.460 e. The van der Waals surface area contributed by atoms with Crippen LogP contribution in [0.3, 0.4) is 0 Å². The summed E-state index contributed by atoms with van der Waals surface area (Å²) in [5.74, 6) is 0.555. The normalized spacial score (nSPS) is 10.2. The number of ether oxygens (including phenoxy) is 3. The van der Waals surface area contributed by atoms with Gasteiger partial charge in [0, 0.05) is 0 Å². The van der Waals surface area contributed by atoms with Gasteiger partial charge in [0.25, 0.3) is 0 Å². The zero-order valence-electron chi connectivity index (χ0n) is 15.7. The van der Waals surface area contributed by atoms with Crippen molar-refractivity contribution in [3.05, 3.63) is 95.6 Å². The highest BCUT2D eigenvalue weighted by atomic mass is 16.5. The predicted octanol–water partition coefficient (Wildman–Crippen LogP) is 3.84. The van der Waals surface area contributed by atoms with Crippen LogP contribution in [0.2, 0.25) is 0 Å². The van der Waals surface area contributed by atoms with Crippen molar-refractivity contribution in [1.29, 1.82) is 0 Å². The zero-order valence-corrected chi connectivity index (χ0v) is 15.7. The lowest BCUT2D eigenvalue weighted by Gasteiger charge is -2.08. The molecular weight excluding hydrogens is 370 g/mol. The van der Waals surface area contributed by atoms with Crippen molar-refractivity contribution in [1.82, 2.24) is 0 Å². The van der Waals surface area contributed by atoms with Crippen LogP contribution in [-0.4, -0.2) is 18.5 Å². The van der Waals surface area contributed by atoms with Gasteiger partial charge in [-0.15, -0.1) is 0 Å². The number of benzene rings is 3. The van der Waals surface area contributed by atoms with Crippen molar-refractivity contribution >= 4 is 11.9 Å².